The predicted octanol–water partition coefficient (Wildman–Crippen LogP) is 1.50. The Balaban J connectivity index is 1.90. The Morgan fingerprint density at radius 3 is 2.13 bits per heavy atom. The van der Waals surface area contributed by atoms with Crippen LogP contribution < -0.4 is 20.3 Å². The number of hydrazine groups is 1. The van der Waals surface area contributed by atoms with Crippen molar-refractivity contribution in [1.82, 2.24) is 15.3 Å². The van der Waals surface area contributed by atoms with E-state index in [1.165, 1.54) is 45.3 Å². The summed E-state index contributed by atoms with van der Waals surface area (Å²) in [5, 5.41) is 0. The minimum atomic E-state index is -3.82. The van der Waals surface area contributed by atoms with E-state index in [-0.39, 0.29) is 10.5 Å². The lowest BCUT2D eigenvalue weighted by Gasteiger charge is -2.16. The zero-order valence-corrected chi connectivity index (χ0v) is 18.4. The van der Waals surface area contributed by atoms with E-state index in [2.05, 4.69) is 10.9 Å². The molecule has 0 saturated carbocycles. The first kappa shape index (κ1) is 24.1. The molecule has 168 valence electrons. The third kappa shape index (κ3) is 6.41. The second-order valence-electron chi connectivity index (χ2n) is 6.23. The van der Waals surface area contributed by atoms with E-state index < -0.39 is 27.9 Å². The largest absolute Gasteiger partial charge is 0.494 e. The molecule has 0 unspecified atom stereocenters. The summed E-state index contributed by atoms with van der Waals surface area (Å²) in [5.41, 5.74) is 4.68. The number of benzene rings is 2. The number of nitrogens with one attached hydrogen (secondary N) is 2. The number of hydroxylamine groups is 1. The first-order valence-corrected chi connectivity index (χ1v) is 10.8. The van der Waals surface area contributed by atoms with Crippen LogP contribution >= 0.6 is 0 Å². The molecule has 0 fully saturated rings. The van der Waals surface area contributed by atoms with Gasteiger partial charge in [-0.3, -0.25) is 25.3 Å². The number of hydrogen-bond donors (Lipinski definition) is 2. The van der Waals surface area contributed by atoms with Crippen molar-refractivity contribution in [2.24, 2.45) is 0 Å². The SMILES string of the molecule is CCOc1ccc(O[C@H](C)C(=O)NNC(=O)c2ccc(S(=O)(=O)N(C)OC)cc2)cc1. The van der Waals surface area contributed by atoms with Crippen molar-refractivity contribution in [2.75, 3.05) is 20.8 Å². The van der Waals surface area contributed by atoms with Gasteiger partial charge >= 0.3 is 0 Å². The summed E-state index contributed by atoms with van der Waals surface area (Å²) in [5.74, 6) is -0.0315. The number of hydrogen-bond acceptors (Lipinski definition) is 7. The Hall–Kier alpha value is -3.15. The number of carbonyl (C=O) groups is 2. The van der Waals surface area contributed by atoms with Crippen molar-refractivity contribution >= 4 is 21.8 Å². The fraction of sp³-hybridized carbons (Fsp3) is 0.300. The predicted molar refractivity (Wildman–Crippen MR) is 112 cm³/mol. The summed E-state index contributed by atoms with van der Waals surface area (Å²) in [7, 11) is -1.34. The highest BCUT2D eigenvalue weighted by molar-refractivity contribution is 7.89. The van der Waals surface area contributed by atoms with Crippen molar-refractivity contribution in [3.63, 3.8) is 0 Å². The average molecular weight is 452 g/mol. The summed E-state index contributed by atoms with van der Waals surface area (Å²) in [6.45, 7) is 3.95. The molecule has 0 spiro atoms. The molecule has 2 rings (SSSR count). The van der Waals surface area contributed by atoms with Gasteiger partial charge in [-0.1, -0.05) is 4.47 Å². The topological polar surface area (TPSA) is 123 Å². The second kappa shape index (κ2) is 10.8. The van der Waals surface area contributed by atoms with Crippen molar-refractivity contribution in [2.45, 2.75) is 24.8 Å². The molecule has 11 heteroatoms. The average Bonchev–Trinajstić information content (AvgIpc) is 2.78. The van der Waals surface area contributed by atoms with Gasteiger partial charge in [-0.15, -0.1) is 0 Å². The highest BCUT2D eigenvalue weighted by Gasteiger charge is 2.21. The molecule has 0 aliphatic rings. The Morgan fingerprint density at radius 1 is 1.00 bits per heavy atom. The van der Waals surface area contributed by atoms with Gasteiger partial charge in [0, 0.05) is 12.6 Å². The van der Waals surface area contributed by atoms with Gasteiger partial charge in [0.1, 0.15) is 11.5 Å². The van der Waals surface area contributed by atoms with Gasteiger partial charge < -0.3 is 9.47 Å². The van der Waals surface area contributed by atoms with Crippen LogP contribution in [0.25, 0.3) is 0 Å². The molecule has 2 aromatic rings. The minimum Gasteiger partial charge on any atom is -0.494 e. The smallest absolute Gasteiger partial charge is 0.279 e. The summed E-state index contributed by atoms with van der Waals surface area (Å²) in [4.78, 5) is 29.0. The van der Waals surface area contributed by atoms with Gasteiger partial charge in [-0.25, -0.2) is 8.42 Å². The van der Waals surface area contributed by atoms with Crippen molar-refractivity contribution in [3.8, 4) is 11.5 Å². The van der Waals surface area contributed by atoms with E-state index in [0.29, 0.717) is 22.6 Å². The van der Waals surface area contributed by atoms with Gasteiger partial charge in [-0.2, -0.15) is 0 Å². The Labute approximate surface area is 181 Å². The molecule has 1 atom stereocenters. The lowest BCUT2D eigenvalue weighted by Crippen LogP contribution is -2.47. The molecular weight excluding hydrogens is 426 g/mol. The second-order valence-corrected chi connectivity index (χ2v) is 8.17. The fourth-order valence-electron chi connectivity index (χ4n) is 2.36. The molecule has 2 aromatic carbocycles. The van der Waals surface area contributed by atoms with Crippen LogP contribution in [0.3, 0.4) is 0 Å². The Morgan fingerprint density at radius 2 is 1.58 bits per heavy atom. The quantitative estimate of drug-likeness (QED) is 0.554. The minimum absolute atomic E-state index is 0.0465. The van der Waals surface area contributed by atoms with Crippen LogP contribution in [0.1, 0.15) is 24.2 Å². The highest BCUT2D eigenvalue weighted by atomic mass is 32.2. The summed E-state index contributed by atoms with van der Waals surface area (Å²) < 4.78 is 35.9. The molecule has 0 radical (unpaired) electrons. The number of ether oxygens (including phenoxy) is 2. The molecule has 10 nitrogen and oxygen atoms in total. The van der Waals surface area contributed by atoms with E-state index >= 15 is 0 Å². The van der Waals surface area contributed by atoms with Crippen LogP contribution in [0.2, 0.25) is 0 Å². The van der Waals surface area contributed by atoms with E-state index in [4.69, 9.17) is 14.3 Å². The van der Waals surface area contributed by atoms with Gasteiger partial charge in [0.2, 0.25) is 0 Å². The number of nitrogens with zero attached hydrogens (tertiary/aromatic N) is 1. The maximum atomic E-state index is 12.2. The molecular formula is C20H25N3O7S. The van der Waals surface area contributed by atoms with Crippen molar-refractivity contribution in [1.29, 1.82) is 0 Å². The molecule has 0 bridgehead atoms. The van der Waals surface area contributed by atoms with Gasteiger partial charge in [-0.05, 0) is 62.4 Å². The molecule has 31 heavy (non-hydrogen) atoms. The van der Waals surface area contributed by atoms with Crippen LogP contribution in [-0.4, -0.2) is 51.6 Å². The van der Waals surface area contributed by atoms with Crippen molar-refractivity contribution in [3.05, 3.63) is 54.1 Å². The number of carbonyl (C=O) groups excluding carboxylic acids is 2. The van der Waals surface area contributed by atoms with Crippen LogP contribution in [-0.2, 0) is 19.7 Å². The van der Waals surface area contributed by atoms with Crippen LogP contribution in [0.15, 0.2) is 53.4 Å². The van der Waals surface area contributed by atoms with Crippen molar-refractivity contribution < 1.29 is 32.3 Å². The summed E-state index contributed by atoms with van der Waals surface area (Å²) in [6, 6.07) is 11.9. The molecule has 2 N–H and O–H groups in total. The summed E-state index contributed by atoms with van der Waals surface area (Å²) in [6.07, 6.45) is -0.879. The zero-order valence-electron chi connectivity index (χ0n) is 17.6. The first-order valence-electron chi connectivity index (χ1n) is 9.31. The third-order valence-electron chi connectivity index (χ3n) is 4.13. The van der Waals surface area contributed by atoms with Gasteiger partial charge in [0.15, 0.2) is 6.10 Å². The number of sulfonamides is 1. The molecule has 0 heterocycles. The Bertz CT molecular complexity index is 992. The van der Waals surface area contributed by atoms with E-state index in [0.717, 1.165) is 0 Å². The van der Waals surface area contributed by atoms with Crippen LogP contribution in [0, 0.1) is 0 Å². The number of rotatable bonds is 9. The molecule has 0 aliphatic heterocycles. The first-order chi connectivity index (χ1) is 14.7. The van der Waals surface area contributed by atoms with Gasteiger partial charge in [0.25, 0.3) is 21.8 Å². The van der Waals surface area contributed by atoms with E-state index in [1.54, 1.807) is 24.3 Å². The maximum absolute atomic E-state index is 12.2. The molecule has 0 aliphatic carbocycles. The number of amides is 2. The lowest BCUT2D eigenvalue weighted by atomic mass is 10.2. The maximum Gasteiger partial charge on any atom is 0.279 e. The molecule has 0 aromatic heterocycles. The normalized spacial score (nSPS) is 12.2. The molecule has 0 saturated heterocycles. The van der Waals surface area contributed by atoms with Crippen LogP contribution in [0.4, 0.5) is 0 Å². The summed E-state index contributed by atoms with van der Waals surface area (Å²) >= 11 is 0. The zero-order chi connectivity index (χ0) is 23.0. The monoisotopic (exact) mass is 451 g/mol. The van der Waals surface area contributed by atoms with Crippen LogP contribution in [0.5, 0.6) is 11.5 Å². The van der Waals surface area contributed by atoms with E-state index in [1.807, 2.05) is 6.92 Å². The standard InChI is InChI=1S/C20H25N3O7S/c1-5-29-16-8-10-17(11-9-16)30-14(2)19(24)21-22-20(25)15-6-12-18(13-7-15)31(26,27)23(3)28-4/h6-14H,5H2,1-4H3,(H,21,24)(H,22,25)/t14-/m1/s1. The highest BCUT2D eigenvalue weighted by Crippen LogP contribution is 2.18. The Kier molecular flexibility index (Phi) is 8.37. The molecule has 2 amide bonds. The third-order valence-corrected chi connectivity index (χ3v) is 5.82. The van der Waals surface area contributed by atoms with Gasteiger partial charge in [0.05, 0.1) is 18.6 Å². The van der Waals surface area contributed by atoms with E-state index in [9.17, 15) is 18.0 Å². The lowest BCUT2D eigenvalue weighted by molar-refractivity contribution is -0.128. The fourth-order valence-corrected chi connectivity index (χ4v) is 3.33.